The summed E-state index contributed by atoms with van der Waals surface area (Å²) in [6, 6.07) is 0. The number of carbonyl (C=O) groups is 1. The Bertz CT molecular complexity index is 165. The summed E-state index contributed by atoms with van der Waals surface area (Å²) in [7, 11) is 1.23. The van der Waals surface area contributed by atoms with Crippen molar-refractivity contribution in [2.45, 2.75) is 6.42 Å². The fourth-order valence-electron chi connectivity index (χ4n) is 0.349. The summed E-state index contributed by atoms with van der Waals surface area (Å²) in [5, 5.41) is 8.29. The summed E-state index contributed by atoms with van der Waals surface area (Å²) in [6.45, 7) is 0.0257. The van der Waals surface area contributed by atoms with Crippen LogP contribution in [-0.4, -0.2) is 31.6 Å². The Morgan fingerprint density at radius 2 is 2.27 bits per heavy atom. The summed E-state index contributed by atoms with van der Waals surface area (Å²) in [5.41, 5.74) is 0. The summed E-state index contributed by atoms with van der Waals surface area (Å²) < 4.78 is 8.60. The Morgan fingerprint density at radius 1 is 1.55 bits per heavy atom. The van der Waals surface area contributed by atoms with Gasteiger partial charge in [0, 0.05) is 6.42 Å². The van der Waals surface area contributed by atoms with E-state index in [0.717, 1.165) is 0 Å². The first-order chi connectivity index (χ1) is 5.31. The molecule has 0 heterocycles. The third-order valence-electron chi connectivity index (χ3n) is 0.791. The van der Waals surface area contributed by atoms with Gasteiger partial charge in [0.15, 0.2) is 6.61 Å². The number of ether oxygens (including phenoxy) is 2. The Balaban J connectivity index is 3.28. The second kappa shape index (κ2) is 6.90. The largest absolute Gasteiger partial charge is 0.508 e. The molecule has 62 valence electrons. The lowest BCUT2D eigenvalue weighted by Gasteiger charge is -1.95. The number of carbonyl (C=O) groups excluding carboxylic acids is 1. The van der Waals surface area contributed by atoms with Gasteiger partial charge >= 0.3 is 6.16 Å². The average molecular weight is 158 g/mol. The third kappa shape index (κ3) is 6.68. The number of aliphatic hydroxyl groups is 1. The Labute approximate surface area is 65.1 Å². The zero-order valence-electron chi connectivity index (χ0n) is 6.29. The highest BCUT2D eigenvalue weighted by Crippen LogP contribution is 1.79. The van der Waals surface area contributed by atoms with E-state index in [4.69, 9.17) is 5.11 Å². The lowest BCUT2D eigenvalue weighted by atomic mass is 10.4. The first kappa shape index (κ1) is 9.79. The number of hydrogen-bond acceptors (Lipinski definition) is 4. The van der Waals surface area contributed by atoms with E-state index in [1.807, 2.05) is 0 Å². The van der Waals surface area contributed by atoms with Crippen LogP contribution in [0, 0.1) is 11.8 Å². The summed E-state index contributed by atoms with van der Waals surface area (Å²) in [4.78, 5) is 10.3. The zero-order chi connectivity index (χ0) is 8.53. The Kier molecular flexibility index (Phi) is 6.14. The van der Waals surface area contributed by atoms with Crippen molar-refractivity contribution in [3.8, 4) is 11.8 Å². The van der Waals surface area contributed by atoms with Crippen LogP contribution in [0.3, 0.4) is 0 Å². The van der Waals surface area contributed by atoms with Crippen LogP contribution in [0.25, 0.3) is 0 Å². The molecule has 0 unspecified atom stereocenters. The highest BCUT2D eigenvalue weighted by atomic mass is 16.7. The van der Waals surface area contributed by atoms with Crippen molar-refractivity contribution < 1.29 is 19.4 Å². The fourth-order valence-corrected chi connectivity index (χ4v) is 0.349. The maximum Gasteiger partial charge on any atom is 0.508 e. The standard InChI is InChI=1S/C7H10O4/c1-10-7(9)11-6-4-2-3-5-8/h8H,3,5-6H2,1H3. The number of hydrogen-bond donors (Lipinski definition) is 1. The summed E-state index contributed by atoms with van der Waals surface area (Å²) in [6.07, 6.45) is -0.354. The monoisotopic (exact) mass is 158 g/mol. The van der Waals surface area contributed by atoms with Gasteiger partial charge < -0.3 is 14.6 Å². The highest BCUT2D eigenvalue weighted by Gasteiger charge is 1.94. The number of aliphatic hydroxyl groups excluding tert-OH is 1. The van der Waals surface area contributed by atoms with Crippen molar-refractivity contribution in [2.75, 3.05) is 20.3 Å². The molecule has 0 rings (SSSR count). The molecule has 0 atom stereocenters. The van der Waals surface area contributed by atoms with Gasteiger partial charge in [0.2, 0.25) is 0 Å². The molecule has 0 spiro atoms. The van der Waals surface area contributed by atoms with Crippen LogP contribution in [0.2, 0.25) is 0 Å². The van der Waals surface area contributed by atoms with E-state index in [2.05, 4.69) is 21.3 Å². The van der Waals surface area contributed by atoms with Gasteiger partial charge in [-0.25, -0.2) is 4.79 Å². The van der Waals surface area contributed by atoms with E-state index < -0.39 is 6.16 Å². The molecule has 4 heteroatoms. The highest BCUT2D eigenvalue weighted by molar-refractivity contribution is 5.59. The van der Waals surface area contributed by atoms with Crippen molar-refractivity contribution in [2.24, 2.45) is 0 Å². The molecule has 0 amide bonds. The van der Waals surface area contributed by atoms with Crippen LogP contribution >= 0.6 is 0 Å². The molecular formula is C7H10O4. The van der Waals surface area contributed by atoms with E-state index >= 15 is 0 Å². The molecule has 1 N–H and O–H groups in total. The summed E-state index contributed by atoms with van der Waals surface area (Å²) >= 11 is 0. The second-order valence-electron chi connectivity index (χ2n) is 1.57. The predicted molar refractivity (Wildman–Crippen MR) is 37.8 cm³/mol. The number of methoxy groups -OCH3 is 1. The first-order valence-electron chi connectivity index (χ1n) is 3.08. The SMILES string of the molecule is COC(=O)OCC#CCCO. The molecule has 0 aliphatic rings. The minimum atomic E-state index is -0.747. The summed E-state index contributed by atoms with van der Waals surface area (Å²) in [5.74, 6) is 5.10. The Hall–Kier alpha value is -1.21. The maximum atomic E-state index is 10.3. The molecule has 0 fully saturated rings. The lowest BCUT2D eigenvalue weighted by molar-refractivity contribution is 0.0832. The van der Waals surface area contributed by atoms with Gasteiger partial charge in [-0.1, -0.05) is 11.8 Å². The number of rotatable bonds is 2. The van der Waals surface area contributed by atoms with E-state index in [0.29, 0.717) is 6.42 Å². The van der Waals surface area contributed by atoms with Gasteiger partial charge in [-0.3, -0.25) is 0 Å². The molecular weight excluding hydrogens is 148 g/mol. The average Bonchev–Trinajstić information content (AvgIpc) is 2.04. The molecule has 0 aromatic carbocycles. The molecule has 0 aromatic heterocycles. The van der Waals surface area contributed by atoms with Crippen molar-refractivity contribution in [1.82, 2.24) is 0 Å². The normalized spacial score (nSPS) is 7.82. The van der Waals surface area contributed by atoms with Gasteiger partial charge in [-0.05, 0) is 0 Å². The van der Waals surface area contributed by atoms with Crippen molar-refractivity contribution in [3.05, 3.63) is 0 Å². The van der Waals surface area contributed by atoms with Crippen LogP contribution in [0.5, 0.6) is 0 Å². The van der Waals surface area contributed by atoms with E-state index in [9.17, 15) is 4.79 Å². The molecule has 0 aliphatic carbocycles. The van der Waals surface area contributed by atoms with Crippen molar-refractivity contribution >= 4 is 6.16 Å². The van der Waals surface area contributed by atoms with Crippen molar-refractivity contribution in [1.29, 1.82) is 0 Å². The third-order valence-corrected chi connectivity index (χ3v) is 0.791. The maximum absolute atomic E-state index is 10.3. The fraction of sp³-hybridized carbons (Fsp3) is 0.571. The van der Waals surface area contributed by atoms with Crippen LogP contribution in [0.15, 0.2) is 0 Å². The van der Waals surface area contributed by atoms with Gasteiger partial charge in [-0.15, -0.1) is 0 Å². The van der Waals surface area contributed by atoms with Gasteiger partial charge in [-0.2, -0.15) is 0 Å². The predicted octanol–water partition coefficient (Wildman–Crippen LogP) is 0.155. The first-order valence-corrected chi connectivity index (χ1v) is 3.08. The Morgan fingerprint density at radius 3 is 2.82 bits per heavy atom. The molecule has 4 nitrogen and oxygen atoms in total. The smallest absolute Gasteiger partial charge is 0.438 e. The second-order valence-corrected chi connectivity index (χ2v) is 1.57. The zero-order valence-corrected chi connectivity index (χ0v) is 6.29. The minimum absolute atomic E-state index is 0.00662. The van der Waals surface area contributed by atoms with Crippen LogP contribution in [0.1, 0.15) is 6.42 Å². The van der Waals surface area contributed by atoms with Crippen molar-refractivity contribution in [3.63, 3.8) is 0 Å². The molecule has 0 aliphatic heterocycles. The minimum Gasteiger partial charge on any atom is -0.438 e. The van der Waals surface area contributed by atoms with Crippen LogP contribution < -0.4 is 0 Å². The molecule has 0 saturated heterocycles. The lowest BCUT2D eigenvalue weighted by Crippen LogP contribution is -2.03. The quantitative estimate of drug-likeness (QED) is 0.459. The molecule has 0 aromatic rings. The van der Waals surface area contributed by atoms with Gasteiger partial charge in [0.1, 0.15) is 0 Å². The topological polar surface area (TPSA) is 55.8 Å². The molecule has 11 heavy (non-hydrogen) atoms. The van der Waals surface area contributed by atoms with Gasteiger partial charge in [0.05, 0.1) is 13.7 Å². The van der Waals surface area contributed by atoms with Crippen LogP contribution in [-0.2, 0) is 9.47 Å². The van der Waals surface area contributed by atoms with E-state index in [1.165, 1.54) is 7.11 Å². The van der Waals surface area contributed by atoms with E-state index in [1.54, 1.807) is 0 Å². The molecule has 0 radical (unpaired) electrons. The molecule has 0 saturated carbocycles. The van der Waals surface area contributed by atoms with Crippen LogP contribution in [0.4, 0.5) is 4.79 Å². The van der Waals surface area contributed by atoms with E-state index in [-0.39, 0.29) is 13.2 Å². The molecule has 0 bridgehead atoms. The van der Waals surface area contributed by atoms with Gasteiger partial charge in [0.25, 0.3) is 0 Å².